The molecular formula is C11H24N2O2. The van der Waals surface area contributed by atoms with Crippen LogP contribution in [0.2, 0.25) is 0 Å². The number of rotatable bonds is 4. The maximum atomic E-state index is 11.5. The molecule has 0 aliphatic heterocycles. The lowest BCUT2D eigenvalue weighted by Gasteiger charge is -2.30. The van der Waals surface area contributed by atoms with Gasteiger partial charge in [-0.1, -0.05) is 20.3 Å². The van der Waals surface area contributed by atoms with Crippen LogP contribution in [0.1, 0.15) is 53.9 Å². The summed E-state index contributed by atoms with van der Waals surface area (Å²) in [7, 11) is 0. The molecule has 0 aromatic heterocycles. The molecule has 0 bridgehead atoms. The number of amides is 1. The topological polar surface area (TPSA) is 64.3 Å². The van der Waals surface area contributed by atoms with E-state index in [-0.39, 0.29) is 0 Å². The van der Waals surface area contributed by atoms with E-state index in [0.29, 0.717) is 6.42 Å². The number of ether oxygens (including phenoxy) is 1. The van der Waals surface area contributed by atoms with Crippen LogP contribution in [-0.2, 0) is 4.74 Å². The second kappa shape index (κ2) is 5.35. The molecule has 3 N–H and O–H groups in total. The molecule has 0 aliphatic rings. The van der Waals surface area contributed by atoms with E-state index in [1.807, 2.05) is 34.6 Å². The monoisotopic (exact) mass is 216 g/mol. The summed E-state index contributed by atoms with van der Waals surface area (Å²) in [5.74, 6) is 0. The zero-order chi connectivity index (χ0) is 12.1. The minimum absolute atomic E-state index is 0.444. The number of hydrogen-bond acceptors (Lipinski definition) is 3. The van der Waals surface area contributed by atoms with Crippen molar-refractivity contribution in [3.8, 4) is 0 Å². The molecule has 0 aromatic carbocycles. The van der Waals surface area contributed by atoms with E-state index >= 15 is 0 Å². The fourth-order valence-corrected chi connectivity index (χ4v) is 1.28. The van der Waals surface area contributed by atoms with Crippen molar-refractivity contribution in [1.82, 2.24) is 5.32 Å². The number of carbonyl (C=O) groups is 1. The molecule has 4 nitrogen and oxygen atoms in total. The van der Waals surface area contributed by atoms with Crippen molar-refractivity contribution >= 4 is 6.09 Å². The Kier molecular flexibility index (Phi) is 5.08. The first-order valence-corrected chi connectivity index (χ1v) is 5.52. The minimum Gasteiger partial charge on any atom is -0.444 e. The van der Waals surface area contributed by atoms with Crippen LogP contribution in [-0.4, -0.2) is 17.4 Å². The Morgan fingerprint density at radius 2 is 1.87 bits per heavy atom. The quantitative estimate of drug-likeness (QED) is 0.709. The minimum atomic E-state index is -0.642. The van der Waals surface area contributed by atoms with E-state index in [0.717, 1.165) is 12.8 Å². The van der Waals surface area contributed by atoms with E-state index in [4.69, 9.17) is 10.5 Å². The van der Waals surface area contributed by atoms with Gasteiger partial charge in [0.25, 0.3) is 0 Å². The number of nitrogens with one attached hydrogen (secondary N) is 1. The molecule has 0 saturated carbocycles. The highest BCUT2D eigenvalue weighted by molar-refractivity contribution is 5.68. The first-order chi connectivity index (χ1) is 6.72. The van der Waals surface area contributed by atoms with Gasteiger partial charge in [-0.2, -0.15) is 0 Å². The Labute approximate surface area is 92.6 Å². The van der Waals surface area contributed by atoms with Gasteiger partial charge in [-0.25, -0.2) is 4.79 Å². The first kappa shape index (κ1) is 14.2. The van der Waals surface area contributed by atoms with Crippen molar-refractivity contribution in [3.05, 3.63) is 0 Å². The second-order valence-corrected chi connectivity index (χ2v) is 4.89. The summed E-state index contributed by atoms with van der Waals surface area (Å²) < 4.78 is 5.15. The van der Waals surface area contributed by atoms with E-state index in [9.17, 15) is 4.79 Å². The summed E-state index contributed by atoms with van der Waals surface area (Å²) in [6, 6.07) is 0. The molecule has 1 atom stereocenters. The van der Waals surface area contributed by atoms with Crippen molar-refractivity contribution in [1.29, 1.82) is 0 Å². The lowest BCUT2D eigenvalue weighted by atomic mass is 10.0. The third-order valence-electron chi connectivity index (χ3n) is 2.08. The molecule has 0 aliphatic carbocycles. The predicted molar refractivity (Wildman–Crippen MR) is 61.5 cm³/mol. The summed E-state index contributed by atoms with van der Waals surface area (Å²) in [4.78, 5) is 11.5. The average Bonchev–Trinajstić information content (AvgIpc) is 2.00. The normalized spacial score (nSPS) is 15.6. The van der Waals surface area contributed by atoms with E-state index in [1.54, 1.807) is 0 Å². The number of nitrogens with two attached hydrogens (primary N) is 1. The highest BCUT2D eigenvalue weighted by atomic mass is 16.6. The molecule has 0 heterocycles. The van der Waals surface area contributed by atoms with Crippen LogP contribution in [0.3, 0.4) is 0 Å². The standard InChI is InChI=1S/C11H24N2O2/c1-6-8-11(12,7-2)13-9(14)15-10(3,4)5/h6-8,12H2,1-5H3,(H,13,14). The molecule has 0 spiro atoms. The Balaban J connectivity index is 4.24. The molecule has 0 saturated heterocycles. The van der Waals surface area contributed by atoms with Crippen molar-refractivity contribution in [2.75, 3.05) is 0 Å². The van der Waals surface area contributed by atoms with Gasteiger partial charge in [0.05, 0.1) is 5.66 Å². The van der Waals surface area contributed by atoms with Gasteiger partial charge in [-0.05, 0) is 33.6 Å². The molecule has 0 rings (SSSR count). The van der Waals surface area contributed by atoms with Crippen LogP contribution < -0.4 is 11.1 Å². The van der Waals surface area contributed by atoms with Gasteiger partial charge in [0.1, 0.15) is 5.60 Å². The summed E-state index contributed by atoms with van der Waals surface area (Å²) in [6.45, 7) is 9.48. The number of hydrogen-bond donors (Lipinski definition) is 2. The van der Waals surface area contributed by atoms with Gasteiger partial charge in [0.15, 0.2) is 0 Å². The van der Waals surface area contributed by atoms with Crippen molar-refractivity contribution in [2.45, 2.75) is 65.1 Å². The SMILES string of the molecule is CCCC(N)(CC)NC(=O)OC(C)(C)C. The summed E-state index contributed by atoms with van der Waals surface area (Å²) in [5.41, 5.74) is 4.89. The van der Waals surface area contributed by atoms with Crippen LogP contribution in [0.4, 0.5) is 4.79 Å². The van der Waals surface area contributed by atoms with Crippen molar-refractivity contribution in [2.24, 2.45) is 5.73 Å². The van der Waals surface area contributed by atoms with Crippen LogP contribution in [0.15, 0.2) is 0 Å². The fourth-order valence-electron chi connectivity index (χ4n) is 1.28. The molecule has 1 unspecified atom stereocenters. The van der Waals surface area contributed by atoms with Crippen LogP contribution in [0.5, 0.6) is 0 Å². The molecule has 90 valence electrons. The summed E-state index contributed by atoms with van der Waals surface area (Å²) in [5, 5.41) is 2.72. The summed E-state index contributed by atoms with van der Waals surface area (Å²) >= 11 is 0. The van der Waals surface area contributed by atoms with E-state index in [2.05, 4.69) is 5.32 Å². The molecule has 15 heavy (non-hydrogen) atoms. The van der Waals surface area contributed by atoms with E-state index in [1.165, 1.54) is 0 Å². The van der Waals surface area contributed by atoms with Crippen LogP contribution in [0.25, 0.3) is 0 Å². The van der Waals surface area contributed by atoms with Crippen molar-refractivity contribution in [3.63, 3.8) is 0 Å². The lowest BCUT2D eigenvalue weighted by Crippen LogP contribution is -2.56. The Bertz CT molecular complexity index is 211. The predicted octanol–water partition coefficient (Wildman–Crippen LogP) is 2.38. The highest BCUT2D eigenvalue weighted by Crippen LogP contribution is 2.13. The third-order valence-corrected chi connectivity index (χ3v) is 2.08. The van der Waals surface area contributed by atoms with Crippen LogP contribution in [0, 0.1) is 0 Å². The van der Waals surface area contributed by atoms with Gasteiger partial charge in [-0.3, -0.25) is 0 Å². The zero-order valence-corrected chi connectivity index (χ0v) is 10.5. The average molecular weight is 216 g/mol. The summed E-state index contributed by atoms with van der Waals surface area (Å²) in [6.07, 6.45) is 1.93. The third kappa shape index (κ3) is 6.33. The van der Waals surface area contributed by atoms with Gasteiger partial charge in [0.2, 0.25) is 0 Å². The van der Waals surface area contributed by atoms with Gasteiger partial charge in [-0.15, -0.1) is 0 Å². The fraction of sp³-hybridized carbons (Fsp3) is 0.909. The molecular weight excluding hydrogens is 192 g/mol. The van der Waals surface area contributed by atoms with Gasteiger partial charge < -0.3 is 15.8 Å². The Morgan fingerprint density at radius 1 is 1.33 bits per heavy atom. The van der Waals surface area contributed by atoms with Gasteiger partial charge in [0, 0.05) is 0 Å². The molecule has 0 fully saturated rings. The largest absolute Gasteiger partial charge is 0.444 e. The second-order valence-electron chi connectivity index (χ2n) is 4.89. The Morgan fingerprint density at radius 3 is 2.20 bits per heavy atom. The molecule has 0 aromatic rings. The highest BCUT2D eigenvalue weighted by Gasteiger charge is 2.26. The lowest BCUT2D eigenvalue weighted by molar-refractivity contribution is 0.0447. The van der Waals surface area contributed by atoms with E-state index < -0.39 is 17.4 Å². The maximum Gasteiger partial charge on any atom is 0.409 e. The smallest absolute Gasteiger partial charge is 0.409 e. The zero-order valence-electron chi connectivity index (χ0n) is 10.5. The molecule has 1 amide bonds. The van der Waals surface area contributed by atoms with Crippen molar-refractivity contribution < 1.29 is 9.53 Å². The molecule has 0 radical (unpaired) electrons. The number of alkyl carbamates (subject to hydrolysis) is 1. The Hall–Kier alpha value is -0.770. The van der Waals surface area contributed by atoms with Gasteiger partial charge >= 0.3 is 6.09 Å². The maximum absolute atomic E-state index is 11.5. The number of carbonyl (C=O) groups excluding carboxylic acids is 1. The van der Waals surface area contributed by atoms with Crippen LogP contribution >= 0.6 is 0 Å². The first-order valence-electron chi connectivity index (χ1n) is 5.52. The molecule has 4 heteroatoms.